The summed E-state index contributed by atoms with van der Waals surface area (Å²) in [6.07, 6.45) is 4.25. The summed E-state index contributed by atoms with van der Waals surface area (Å²) >= 11 is 31.1. The molecule has 0 atom stereocenters. The van der Waals surface area contributed by atoms with Gasteiger partial charge in [0.05, 0.1) is 59.7 Å². The van der Waals surface area contributed by atoms with Crippen LogP contribution in [0.5, 0.6) is 0 Å². The summed E-state index contributed by atoms with van der Waals surface area (Å²) in [6.45, 7) is 3.89. The molecule has 0 fully saturated rings. The third-order valence-corrected chi connectivity index (χ3v) is 9.73. The summed E-state index contributed by atoms with van der Waals surface area (Å²) in [7, 11) is 1.23. The number of nitrogens with zero attached hydrogens (tertiary/aromatic N) is 5. The number of ether oxygens (including phenoxy) is 1. The first-order valence-corrected chi connectivity index (χ1v) is 26.1. The number of anilines is 3. The van der Waals surface area contributed by atoms with E-state index in [4.69, 9.17) is 72.4 Å². The number of carbonyl (C=O) groups is 2. The van der Waals surface area contributed by atoms with E-state index in [9.17, 15) is 18.9 Å². The number of aliphatic hydroxyl groups is 3. The van der Waals surface area contributed by atoms with Crippen molar-refractivity contribution >= 4 is 136 Å². The molecule has 8 aromatic rings. The molecule has 0 saturated carbocycles. The molecule has 3 heterocycles. The number of aromatic carboxylic acids is 1. The van der Waals surface area contributed by atoms with Crippen molar-refractivity contribution in [3.63, 3.8) is 0 Å². The Bertz CT molecular complexity index is 3030. The van der Waals surface area contributed by atoms with Crippen LogP contribution in [-0.4, -0.2) is 76.0 Å². The summed E-state index contributed by atoms with van der Waals surface area (Å²) in [4.78, 5) is 55.3. The molecule has 0 spiro atoms. The predicted octanol–water partition coefficient (Wildman–Crippen LogP) is 10.2. The number of H-pyrrole nitrogens is 1. The van der Waals surface area contributed by atoms with Gasteiger partial charge in [-0.15, -0.1) is 23.2 Å². The van der Waals surface area contributed by atoms with Crippen LogP contribution in [0.2, 0.25) is 5.15 Å². The number of aromatic nitrogens is 6. The summed E-state index contributed by atoms with van der Waals surface area (Å²) in [6, 6.07) is 25.9. The fraction of sp³-hybridized carbons (Fsp3) is 0.174. The topological polar surface area (TPSA) is 352 Å². The van der Waals surface area contributed by atoms with Crippen molar-refractivity contribution in [2.24, 2.45) is 0 Å². The van der Waals surface area contributed by atoms with Crippen LogP contribution in [0, 0.1) is 6.92 Å². The highest BCUT2D eigenvalue weighted by atomic mass is 36.0. The molecule has 0 unspecified atom stereocenters. The Hall–Kier alpha value is -5.93. The number of nitrogen functional groups attached to an aromatic ring is 3. The van der Waals surface area contributed by atoms with Crippen molar-refractivity contribution in [2.75, 3.05) is 30.9 Å². The molecule has 72 heavy (non-hydrogen) atoms. The monoisotopic (exact) mass is 1130 g/mol. The number of esters is 1. The van der Waals surface area contributed by atoms with Gasteiger partial charge in [-0.25, -0.2) is 34.5 Å². The maximum atomic E-state index is 11.2. The van der Waals surface area contributed by atoms with Gasteiger partial charge in [-0.05, 0) is 136 Å². The van der Waals surface area contributed by atoms with E-state index in [1.54, 1.807) is 31.2 Å². The first-order chi connectivity index (χ1) is 33.6. The highest BCUT2D eigenvalue weighted by Crippen LogP contribution is 2.61. The number of nitrogens with two attached hydrogens (primary N) is 3. The second kappa shape index (κ2) is 32.9. The van der Waals surface area contributed by atoms with Crippen LogP contribution >= 0.6 is 73.7 Å². The molecular formula is C46H51Cl6N10O9P. The fourth-order valence-corrected chi connectivity index (χ4v) is 5.89. The SMILES string of the molecule is CCO.COC(=O)c1ccc(C(=O)O)cc1N.Cc1ccc(CO)cc1N.ClCc1ccc2c(Cl)ncnc2c1.N.Nc1ncnc2cc(CCl)ccc12.O=P(Cl)(Cl)Cl.O=c1[nH]cnc2cc(CO)ccc12. The lowest BCUT2D eigenvalue weighted by Crippen LogP contribution is -2.07. The molecule has 26 heteroatoms. The second-order valence-electron chi connectivity index (χ2n) is 13.8. The van der Waals surface area contributed by atoms with E-state index in [0.717, 1.165) is 55.3 Å². The quantitative estimate of drug-likeness (QED) is 0.0246. The van der Waals surface area contributed by atoms with Gasteiger partial charge in [0.15, 0.2) is 0 Å². The number of hydrogen-bond acceptors (Lipinski definition) is 17. The number of aliphatic hydroxyl groups excluding tert-OH is 3. The number of carbonyl (C=O) groups excluding carboxylic acids is 1. The summed E-state index contributed by atoms with van der Waals surface area (Å²) in [5, 5.41) is 33.3. The van der Waals surface area contributed by atoms with Crippen LogP contribution in [0.1, 0.15) is 55.5 Å². The smallest absolute Gasteiger partial charge is 0.339 e. The first-order valence-electron chi connectivity index (χ1n) is 20.2. The van der Waals surface area contributed by atoms with E-state index < -0.39 is 17.1 Å². The molecule has 0 bridgehead atoms. The molecule has 0 aliphatic carbocycles. The number of carboxylic acids is 1. The lowest BCUT2D eigenvalue weighted by molar-refractivity contribution is 0.0599. The molecule has 19 nitrogen and oxygen atoms in total. The van der Waals surface area contributed by atoms with Gasteiger partial charge in [-0.3, -0.25) is 9.36 Å². The molecule has 0 aliphatic heterocycles. The predicted molar refractivity (Wildman–Crippen MR) is 290 cm³/mol. The van der Waals surface area contributed by atoms with Crippen molar-refractivity contribution in [3.8, 4) is 0 Å². The minimum atomic E-state index is -3.22. The van der Waals surface area contributed by atoms with Gasteiger partial charge in [-0.1, -0.05) is 41.9 Å². The zero-order valence-electron chi connectivity index (χ0n) is 38.6. The summed E-state index contributed by atoms with van der Waals surface area (Å²) in [5.74, 6) is -0.198. The highest BCUT2D eigenvalue weighted by Gasteiger charge is 2.12. The lowest BCUT2D eigenvalue weighted by atomic mass is 10.1. The fourth-order valence-electron chi connectivity index (χ4n) is 5.35. The number of aromatic amines is 1. The minimum absolute atomic E-state index is 0. The Labute approximate surface area is 442 Å². The van der Waals surface area contributed by atoms with Crippen molar-refractivity contribution in [3.05, 3.63) is 164 Å². The number of alkyl halides is 2. The van der Waals surface area contributed by atoms with Gasteiger partial charge in [0.1, 0.15) is 23.6 Å². The van der Waals surface area contributed by atoms with E-state index in [1.165, 1.54) is 44.3 Å². The van der Waals surface area contributed by atoms with E-state index in [0.29, 0.717) is 33.6 Å². The van der Waals surface area contributed by atoms with Gasteiger partial charge >= 0.3 is 17.1 Å². The van der Waals surface area contributed by atoms with Gasteiger partial charge < -0.3 is 53.5 Å². The number of halogens is 6. The number of carboxylic acid groups (broad SMARTS) is 1. The zero-order chi connectivity index (χ0) is 53.3. The Balaban J connectivity index is 0.000000433. The van der Waals surface area contributed by atoms with Crippen LogP contribution < -0.4 is 28.9 Å². The van der Waals surface area contributed by atoms with E-state index in [2.05, 4.69) is 68.4 Å². The maximum absolute atomic E-state index is 11.2. The van der Waals surface area contributed by atoms with Gasteiger partial charge in [-0.2, -0.15) is 0 Å². The number of benzene rings is 5. The van der Waals surface area contributed by atoms with Crippen LogP contribution in [-0.2, 0) is 34.3 Å². The molecule has 0 saturated heterocycles. The first kappa shape index (κ1) is 64.1. The standard InChI is InChI=1S/C9H6Cl2N2.C9H8ClN3.C9H8N2O2.C9H9NO4.C8H11NO.C2H6O.Cl3OP.H3N/c2*10-4-6-1-2-7-8(3-6)12-5-13-9(7)11;12-4-6-1-2-7-8(3-6)10-5-11-9(7)13;1-14-9(13)6-3-2-5(8(11)12)4-7(6)10;1-6-2-3-7(5-10)4-8(6)9;1-2-3;1-5(2,3)4;/h1-3,5H,4H2;1-3,5H,4H2,(H2,11,12,13);1-3,5,12H,4H2,(H,10,11,13);2-4H,10H2,1H3,(H,11,12);2-4,10H,5,9H2,1H3;3H,2H2,1H3;;1H3. The largest absolute Gasteiger partial charge is 0.478 e. The van der Waals surface area contributed by atoms with Crippen LogP contribution in [0.4, 0.5) is 17.2 Å². The second-order valence-corrected chi connectivity index (χ2v) is 21.3. The van der Waals surface area contributed by atoms with Gasteiger partial charge in [0.25, 0.3) is 5.56 Å². The molecule has 8 rings (SSSR count). The number of rotatable bonds is 6. The van der Waals surface area contributed by atoms with E-state index >= 15 is 0 Å². The van der Waals surface area contributed by atoms with Crippen molar-refractivity contribution < 1.29 is 39.3 Å². The van der Waals surface area contributed by atoms with Gasteiger partial charge in [0.2, 0.25) is 0 Å². The van der Waals surface area contributed by atoms with E-state index in [1.807, 2.05) is 55.5 Å². The summed E-state index contributed by atoms with van der Waals surface area (Å²) in [5.41, 5.74) is 24.6. The molecular weight excluding hydrogens is 1080 g/mol. The van der Waals surface area contributed by atoms with Crippen LogP contribution in [0.25, 0.3) is 32.7 Å². The average Bonchev–Trinajstić information content (AvgIpc) is 3.35. The van der Waals surface area contributed by atoms with Crippen molar-refractivity contribution in [2.45, 2.75) is 38.8 Å². The van der Waals surface area contributed by atoms with Gasteiger partial charge in [0, 0.05) is 40.5 Å². The molecule has 0 aliphatic rings. The normalized spacial score (nSPS) is 10.0. The molecule has 386 valence electrons. The Morgan fingerprint density at radius 2 is 1.15 bits per heavy atom. The minimum Gasteiger partial charge on any atom is -0.478 e. The lowest BCUT2D eigenvalue weighted by Gasteiger charge is -2.03. The molecule has 3 aromatic heterocycles. The highest BCUT2D eigenvalue weighted by molar-refractivity contribution is 8.24. The van der Waals surface area contributed by atoms with Crippen molar-refractivity contribution in [1.29, 1.82) is 0 Å². The number of methoxy groups -OCH3 is 1. The Morgan fingerprint density at radius 1 is 0.681 bits per heavy atom. The average molecular weight is 1130 g/mol. The Kier molecular flexibility index (Phi) is 29.3. The Morgan fingerprint density at radius 3 is 1.67 bits per heavy atom. The number of aryl methyl sites for hydroxylation is 1. The van der Waals surface area contributed by atoms with E-state index in [-0.39, 0.29) is 48.3 Å². The number of fused-ring (bicyclic) bond motifs is 3. The third-order valence-electron chi connectivity index (χ3n) is 8.81. The van der Waals surface area contributed by atoms with Crippen molar-refractivity contribution in [1.82, 2.24) is 36.1 Å². The molecule has 0 amide bonds. The number of nitrogens with one attached hydrogen (secondary N) is 1. The third kappa shape index (κ3) is 22.2. The van der Waals surface area contributed by atoms with Crippen LogP contribution in [0.15, 0.2) is 115 Å². The number of hydrogen-bond donors (Lipinski definition) is 9. The molecule has 5 aromatic carbocycles. The maximum Gasteiger partial charge on any atom is 0.339 e. The molecule has 0 radical (unpaired) electrons. The zero-order valence-corrected chi connectivity index (χ0v) is 44.1. The summed E-state index contributed by atoms with van der Waals surface area (Å²) < 4.78 is 14.0. The van der Waals surface area contributed by atoms with Crippen LogP contribution in [0.3, 0.4) is 0 Å². The molecule has 14 N–H and O–H groups in total.